The molecule has 8 rings (SSSR count). The molecule has 1 aliphatic carbocycles. The third kappa shape index (κ3) is 10.1. The van der Waals surface area contributed by atoms with Crippen LogP contribution in [0, 0.1) is 6.92 Å². The maximum Gasteiger partial charge on any atom is 0.0462 e. The minimum Gasteiger partial charge on any atom is -0.358 e. The second kappa shape index (κ2) is 20.3. The number of benzene rings is 6. The van der Waals surface area contributed by atoms with Crippen molar-refractivity contribution in [2.45, 2.75) is 53.9 Å². The van der Waals surface area contributed by atoms with Crippen molar-refractivity contribution in [2.24, 2.45) is 0 Å². The molecule has 0 unspecified atom stereocenters. The van der Waals surface area contributed by atoms with E-state index in [1.807, 2.05) is 63.3 Å². The summed E-state index contributed by atoms with van der Waals surface area (Å²) in [6.07, 6.45) is 24.0. The number of hydrogen-bond acceptors (Lipinski definition) is 0. The van der Waals surface area contributed by atoms with Gasteiger partial charge in [-0.25, -0.2) is 0 Å². The molecule has 1 aromatic heterocycles. The van der Waals surface area contributed by atoms with Crippen molar-refractivity contribution in [3.05, 3.63) is 211 Å². The van der Waals surface area contributed by atoms with Gasteiger partial charge in [-0.1, -0.05) is 190 Å². The number of aromatic nitrogens is 1. The van der Waals surface area contributed by atoms with Gasteiger partial charge in [0.15, 0.2) is 0 Å². The first-order valence-corrected chi connectivity index (χ1v) is 19.6. The first-order valence-electron chi connectivity index (χ1n) is 19.6. The summed E-state index contributed by atoms with van der Waals surface area (Å²) in [5.41, 5.74) is 9.87. The lowest BCUT2D eigenvalue weighted by molar-refractivity contribution is 0.834. The van der Waals surface area contributed by atoms with E-state index in [0.29, 0.717) is 0 Å². The number of aromatic amines is 1. The molecule has 0 bridgehead atoms. The van der Waals surface area contributed by atoms with E-state index >= 15 is 0 Å². The Morgan fingerprint density at radius 2 is 1.25 bits per heavy atom. The van der Waals surface area contributed by atoms with Crippen LogP contribution in [0.5, 0.6) is 0 Å². The Morgan fingerprint density at radius 3 is 1.87 bits per heavy atom. The molecule has 276 valence electrons. The molecule has 7 aromatic rings. The Balaban J connectivity index is 0.000000305. The van der Waals surface area contributed by atoms with E-state index < -0.39 is 0 Å². The summed E-state index contributed by atoms with van der Waals surface area (Å²) < 4.78 is 0. The molecule has 1 nitrogen and oxygen atoms in total. The van der Waals surface area contributed by atoms with Crippen molar-refractivity contribution in [3.63, 3.8) is 0 Å². The van der Waals surface area contributed by atoms with Crippen molar-refractivity contribution in [1.29, 1.82) is 0 Å². The Kier molecular flexibility index (Phi) is 14.8. The van der Waals surface area contributed by atoms with Crippen molar-refractivity contribution in [3.8, 4) is 0 Å². The third-order valence-corrected chi connectivity index (χ3v) is 9.71. The Labute approximate surface area is 329 Å². The highest BCUT2D eigenvalue weighted by Gasteiger charge is 2.12. The van der Waals surface area contributed by atoms with Gasteiger partial charge in [0.25, 0.3) is 0 Å². The van der Waals surface area contributed by atoms with Gasteiger partial charge in [0.05, 0.1) is 0 Å². The lowest BCUT2D eigenvalue weighted by Crippen LogP contribution is -1.86. The average Bonchev–Trinajstić information content (AvgIpc) is 3.41. The highest BCUT2D eigenvalue weighted by molar-refractivity contribution is 6.25. The molecule has 0 spiro atoms. The van der Waals surface area contributed by atoms with Crippen molar-refractivity contribution in [2.75, 3.05) is 0 Å². The summed E-state index contributed by atoms with van der Waals surface area (Å²) in [6, 6.07) is 41.3. The molecule has 6 aromatic carbocycles. The molecule has 1 heterocycles. The second-order valence-electron chi connectivity index (χ2n) is 13.5. The van der Waals surface area contributed by atoms with E-state index in [-0.39, 0.29) is 0 Å². The van der Waals surface area contributed by atoms with Crippen LogP contribution in [0.2, 0.25) is 0 Å². The molecule has 1 N–H and O–H groups in total. The quantitative estimate of drug-likeness (QED) is 0.130. The first kappa shape index (κ1) is 40.0. The fraction of sp³-hybridized carbons (Fsp3) is 0.148. The molecule has 0 aliphatic heterocycles. The lowest BCUT2D eigenvalue weighted by atomic mass is 9.92. The molecular formula is C54H55N. The van der Waals surface area contributed by atoms with Gasteiger partial charge >= 0.3 is 0 Å². The highest BCUT2D eigenvalue weighted by atomic mass is 14.7. The molecule has 0 saturated heterocycles. The number of H-pyrrole nitrogens is 1. The molecule has 0 saturated carbocycles. The van der Waals surface area contributed by atoms with Gasteiger partial charge in [-0.3, -0.25) is 0 Å². The molecule has 1 aliphatic rings. The SMILES string of the molecule is C=C(/C=C\C=C(/C)c1ccc2c3ccccc3c3ccccc3c2c1)c1ccc2[nH]c3c(c2c1)C=CCCC3.C=C/C=C\C=C/C.CC.Cc1ccccc1. The summed E-state index contributed by atoms with van der Waals surface area (Å²) in [4.78, 5) is 3.62. The fourth-order valence-corrected chi connectivity index (χ4v) is 6.90. The van der Waals surface area contributed by atoms with E-state index in [4.69, 9.17) is 0 Å². The maximum absolute atomic E-state index is 4.38. The largest absolute Gasteiger partial charge is 0.358 e. The van der Waals surface area contributed by atoms with Gasteiger partial charge in [-0.2, -0.15) is 0 Å². The predicted octanol–water partition coefficient (Wildman–Crippen LogP) is 16.0. The van der Waals surface area contributed by atoms with E-state index in [1.54, 1.807) is 6.08 Å². The minimum absolute atomic E-state index is 1.02. The van der Waals surface area contributed by atoms with Crippen LogP contribution in [0.25, 0.3) is 60.4 Å². The summed E-state index contributed by atoms with van der Waals surface area (Å²) >= 11 is 0. The van der Waals surface area contributed by atoms with Crippen LogP contribution in [0.1, 0.15) is 68.5 Å². The van der Waals surface area contributed by atoms with Crippen LogP contribution in [0.15, 0.2) is 183 Å². The van der Waals surface area contributed by atoms with Crippen LogP contribution < -0.4 is 0 Å². The Morgan fingerprint density at radius 1 is 0.655 bits per heavy atom. The summed E-state index contributed by atoms with van der Waals surface area (Å²) in [5.74, 6) is 0. The third-order valence-electron chi connectivity index (χ3n) is 9.71. The molecular weight excluding hydrogens is 663 g/mol. The average molecular weight is 718 g/mol. The molecule has 0 fully saturated rings. The van der Waals surface area contributed by atoms with Crippen LogP contribution in [0.3, 0.4) is 0 Å². The first-order chi connectivity index (χ1) is 27.0. The van der Waals surface area contributed by atoms with Crippen molar-refractivity contribution in [1.82, 2.24) is 4.98 Å². The Hall–Kier alpha value is -6.18. The summed E-state index contributed by atoms with van der Waals surface area (Å²) in [5, 5.41) is 9.13. The number of hydrogen-bond donors (Lipinski definition) is 1. The van der Waals surface area contributed by atoms with E-state index in [1.165, 1.54) is 77.6 Å². The van der Waals surface area contributed by atoms with Gasteiger partial charge in [-0.05, 0) is 113 Å². The van der Waals surface area contributed by atoms with Gasteiger partial charge in [0.2, 0.25) is 0 Å². The van der Waals surface area contributed by atoms with E-state index in [2.05, 4.69) is 159 Å². The minimum atomic E-state index is 1.02. The smallest absolute Gasteiger partial charge is 0.0462 e. The van der Waals surface area contributed by atoms with E-state index in [0.717, 1.165) is 24.0 Å². The van der Waals surface area contributed by atoms with E-state index in [9.17, 15) is 0 Å². The summed E-state index contributed by atoms with van der Waals surface area (Å²) in [6.45, 7) is 18.1. The topological polar surface area (TPSA) is 15.8 Å². The molecule has 55 heavy (non-hydrogen) atoms. The zero-order valence-electron chi connectivity index (χ0n) is 33.3. The van der Waals surface area contributed by atoms with Gasteiger partial charge in [0.1, 0.15) is 0 Å². The fourth-order valence-electron chi connectivity index (χ4n) is 6.90. The van der Waals surface area contributed by atoms with Crippen LogP contribution in [-0.2, 0) is 6.42 Å². The van der Waals surface area contributed by atoms with Gasteiger partial charge < -0.3 is 4.98 Å². The maximum atomic E-state index is 4.38. The number of aryl methyl sites for hydroxylation is 2. The standard InChI is InChI=1S/C38H31N.C7H8.C7H10.C2H6/c1-25(11-10-12-26(2)28-20-22-38-36(24-28)34-17-4-3-5-18-37(34)39-38)27-19-21-33-31-15-7-6-13-29(31)30-14-8-9-16-32(30)35(33)23-27;1-7-5-3-2-4-6-7;1-3-5-7-6-4-2;1-2/h4,6-17,19-24,39H,2-3,5,18H2,1H3;2-6H,1H3;3-7H,1H2,2H3;1-2H3/b12-10-,25-11+;;6-4-,7-5-;. The monoisotopic (exact) mass is 717 g/mol. The molecule has 0 atom stereocenters. The second-order valence-corrected chi connectivity index (χ2v) is 13.5. The lowest BCUT2D eigenvalue weighted by Gasteiger charge is -2.12. The zero-order chi connectivity index (χ0) is 39.0. The molecule has 1 heteroatoms. The van der Waals surface area contributed by atoms with Crippen LogP contribution in [-0.4, -0.2) is 4.98 Å². The normalized spacial score (nSPS) is 12.6. The van der Waals surface area contributed by atoms with Crippen molar-refractivity contribution >= 4 is 60.4 Å². The van der Waals surface area contributed by atoms with Gasteiger partial charge in [-0.15, -0.1) is 0 Å². The van der Waals surface area contributed by atoms with Crippen LogP contribution >= 0.6 is 0 Å². The number of allylic oxidation sites excluding steroid dienone is 11. The Bertz CT molecular complexity index is 2490. The number of nitrogens with one attached hydrogen (secondary N) is 1. The number of fused-ring (bicyclic) bond motifs is 9. The van der Waals surface area contributed by atoms with Gasteiger partial charge in [0, 0.05) is 22.2 Å². The summed E-state index contributed by atoms with van der Waals surface area (Å²) in [7, 11) is 0. The zero-order valence-corrected chi connectivity index (χ0v) is 33.3. The molecule has 0 amide bonds. The molecule has 0 radical (unpaired) electrons. The van der Waals surface area contributed by atoms with Crippen molar-refractivity contribution < 1.29 is 0 Å². The highest BCUT2D eigenvalue weighted by Crippen LogP contribution is 2.36. The predicted molar refractivity (Wildman–Crippen MR) is 248 cm³/mol. The van der Waals surface area contributed by atoms with Crippen LogP contribution in [0.4, 0.5) is 0 Å². The number of rotatable bonds is 6.